The molecule has 1 aliphatic heterocycles. The molecule has 0 bridgehead atoms. The molecule has 2 fully saturated rings. The number of carbonyl (C=O) groups is 2. The molecule has 0 aromatic carbocycles. The third-order valence-electron chi connectivity index (χ3n) is 3.36. The van der Waals surface area contributed by atoms with E-state index in [1.54, 1.807) is 7.11 Å². The van der Waals surface area contributed by atoms with Crippen LogP contribution in [-0.2, 0) is 9.53 Å². The Kier molecular flexibility index (Phi) is 2.11. The number of rotatable bonds is 3. The molecular formula is C9H13NO5. The Morgan fingerprint density at radius 3 is 2.53 bits per heavy atom. The molecule has 2 unspecified atom stereocenters. The third kappa shape index (κ3) is 1.36. The van der Waals surface area contributed by atoms with E-state index in [4.69, 9.17) is 14.9 Å². The number of amides is 1. The van der Waals surface area contributed by atoms with Gasteiger partial charge in [-0.25, -0.2) is 9.59 Å². The first-order valence-electron chi connectivity index (χ1n) is 4.75. The van der Waals surface area contributed by atoms with Crippen molar-refractivity contribution in [3.8, 4) is 0 Å². The fourth-order valence-corrected chi connectivity index (χ4v) is 2.61. The van der Waals surface area contributed by atoms with Gasteiger partial charge in [0, 0.05) is 18.6 Å². The summed E-state index contributed by atoms with van der Waals surface area (Å²) in [5, 5.41) is 17.8. The van der Waals surface area contributed by atoms with Gasteiger partial charge in [0.25, 0.3) is 0 Å². The number of hydrogen-bond donors (Lipinski definition) is 2. The van der Waals surface area contributed by atoms with Crippen molar-refractivity contribution in [2.24, 2.45) is 5.41 Å². The summed E-state index contributed by atoms with van der Waals surface area (Å²) in [6.07, 6.45) is -0.0628. The highest BCUT2D eigenvalue weighted by Gasteiger charge is 2.67. The number of methoxy groups -OCH3 is 1. The van der Waals surface area contributed by atoms with Crippen molar-refractivity contribution in [3.05, 3.63) is 0 Å². The van der Waals surface area contributed by atoms with E-state index in [0.29, 0.717) is 13.0 Å². The monoisotopic (exact) mass is 215 g/mol. The van der Waals surface area contributed by atoms with Gasteiger partial charge >= 0.3 is 12.1 Å². The Morgan fingerprint density at radius 2 is 2.13 bits per heavy atom. The quantitative estimate of drug-likeness (QED) is 0.703. The minimum Gasteiger partial charge on any atom is -0.480 e. The molecular weight excluding hydrogens is 202 g/mol. The molecule has 1 saturated heterocycles. The molecule has 15 heavy (non-hydrogen) atoms. The van der Waals surface area contributed by atoms with Crippen LogP contribution in [0.15, 0.2) is 0 Å². The van der Waals surface area contributed by atoms with Crippen LogP contribution in [0.25, 0.3) is 0 Å². The number of carboxylic acid groups (broad SMARTS) is 2. The molecule has 2 N–H and O–H groups in total. The summed E-state index contributed by atoms with van der Waals surface area (Å²) in [5.74, 6) is -1.07. The zero-order valence-corrected chi connectivity index (χ0v) is 8.34. The topological polar surface area (TPSA) is 87.1 Å². The Balaban J connectivity index is 2.17. The Labute approximate surface area is 86.4 Å². The predicted octanol–water partition coefficient (Wildman–Crippen LogP) is 0.228. The van der Waals surface area contributed by atoms with Gasteiger partial charge in [0.05, 0.1) is 6.61 Å². The van der Waals surface area contributed by atoms with E-state index in [9.17, 15) is 9.59 Å². The third-order valence-corrected chi connectivity index (χ3v) is 3.36. The highest BCUT2D eigenvalue weighted by molar-refractivity contribution is 5.81. The van der Waals surface area contributed by atoms with E-state index in [-0.39, 0.29) is 11.5 Å². The van der Waals surface area contributed by atoms with Crippen LogP contribution in [0.2, 0.25) is 0 Å². The molecule has 2 aliphatic rings. The molecule has 6 heteroatoms. The highest BCUT2D eigenvalue weighted by Crippen LogP contribution is 2.59. The van der Waals surface area contributed by atoms with Gasteiger partial charge in [-0.15, -0.1) is 0 Å². The van der Waals surface area contributed by atoms with Crippen LogP contribution in [0.4, 0.5) is 4.79 Å². The van der Waals surface area contributed by atoms with Crippen molar-refractivity contribution in [2.45, 2.75) is 24.9 Å². The van der Waals surface area contributed by atoms with Crippen LogP contribution in [0.1, 0.15) is 12.8 Å². The maximum absolute atomic E-state index is 10.9. The van der Waals surface area contributed by atoms with Crippen molar-refractivity contribution in [2.75, 3.05) is 13.7 Å². The zero-order chi connectivity index (χ0) is 11.2. The second-order valence-electron chi connectivity index (χ2n) is 4.26. The molecule has 1 heterocycles. The highest BCUT2D eigenvalue weighted by atomic mass is 16.5. The van der Waals surface area contributed by atoms with E-state index < -0.39 is 18.1 Å². The molecule has 6 nitrogen and oxygen atoms in total. The van der Waals surface area contributed by atoms with Crippen molar-refractivity contribution in [1.82, 2.24) is 4.90 Å². The minimum atomic E-state index is -1.15. The van der Waals surface area contributed by atoms with Crippen LogP contribution < -0.4 is 0 Å². The number of likely N-dealkylation sites (tertiary alicyclic amines) is 1. The van der Waals surface area contributed by atoms with E-state index in [1.165, 1.54) is 0 Å². The van der Waals surface area contributed by atoms with Crippen LogP contribution in [0.3, 0.4) is 0 Å². The van der Waals surface area contributed by atoms with Crippen LogP contribution >= 0.6 is 0 Å². The average Bonchev–Trinajstić information content (AvgIpc) is 2.70. The molecule has 0 aromatic heterocycles. The normalized spacial score (nSPS) is 37.5. The zero-order valence-electron chi connectivity index (χ0n) is 8.34. The van der Waals surface area contributed by atoms with E-state index in [0.717, 1.165) is 11.3 Å². The summed E-state index contributed by atoms with van der Waals surface area (Å²) in [7, 11) is 1.54. The van der Waals surface area contributed by atoms with Crippen molar-refractivity contribution in [3.63, 3.8) is 0 Å². The van der Waals surface area contributed by atoms with E-state index in [2.05, 4.69) is 0 Å². The number of piperidine rings is 1. The summed E-state index contributed by atoms with van der Waals surface area (Å²) in [4.78, 5) is 22.9. The van der Waals surface area contributed by atoms with Gasteiger partial charge in [-0.05, 0) is 12.8 Å². The lowest BCUT2D eigenvalue weighted by Gasteiger charge is -2.20. The first-order chi connectivity index (χ1) is 7.02. The van der Waals surface area contributed by atoms with Crippen LogP contribution in [0, 0.1) is 5.41 Å². The molecule has 84 valence electrons. The predicted molar refractivity (Wildman–Crippen MR) is 48.6 cm³/mol. The van der Waals surface area contributed by atoms with Crippen molar-refractivity contribution >= 4 is 12.1 Å². The Bertz CT molecular complexity index is 318. The van der Waals surface area contributed by atoms with Crippen molar-refractivity contribution in [1.29, 1.82) is 0 Å². The van der Waals surface area contributed by atoms with Crippen LogP contribution in [-0.4, -0.2) is 53.0 Å². The lowest BCUT2D eigenvalue weighted by atomic mass is 10.0. The van der Waals surface area contributed by atoms with Gasteiger partial charge in [-0.1, -0.05) is 0 Å². The molecule has 1 amide bonds. The smallest absolute Gasteiger partial charge is 0.408 e. The largest absolute Gasteiger partial charge is 0.480 e. The Hall–Kier alpha value is -1.30. The summed E-state index contributed by atoms with van der Waals surface area (Å²) in [6.45, 7) is 0.436. The number of aliphatic carboxylic acids is 1. The van der Waals surface area contributed by atoms with Gasteiger partial charge in [-0.3, -0.25) is 4.90 Å². The first kappa shape index (κ1) is 10.2. The second kappa shape index (κ2) is 3.10. The molecule has 0 radical (unpaired) electrons. The van der Waals surface area contributed by atoms with Gasteiger partial charge in [-0.2, -0.15) is 0 Å². The molecule has 1 aliphatic carbocycles. The van der Waals surface area contributed by atoms with Crippen molar-refractivity contribution < 1.29 is 24.5 Å². The summed E-state index contributed by atoms with van der Waals surface area (Å²) in [5.41, 5.74) is -0.240. The second-order valence-corrected chi connectivity index (χ2v) is 4.26. The molecule has 0 aromatic rings. The number of hydrogen-bond acceptors (Lipinski definition) is 3. The summed E-state index contributed by atoms with van der Waals surface area (Å²) >= 11 is 0. The van der Waals surface area contributed by atoms with Gasteiger partial charge < -0.3 is 14.9 Å². The van der Waals surface area contributed by atoms with Crippen LogP contribution in [0.5, 0.6) is 0 Å². The molecule has 0 spiro atoms. The molecule has 3 atom stereocenters. The number of carboxylic acids is 1. The number of ether oxygens (including phenoxy) is 1. The Morgan fingerprint density at radius 1 is 1.47 bits per heavy atom. The maximum atomic E-state index is 10.9. The lowest BCUT2D eigenvalue weighted by Crippen LogP contribution is -2.42. The molecule has 1 saturated carbocycles. The average molecular weight is 215 g/mol. The fraction of sp³-hybridized carbons (Fsp3) is 0.778. The maximum Gasteiger partial charge on any atom is 0.408 e. The lowest BCUT2D eigenvalue weighted by molar-refractivity contribution is -0.142. The summed E-state index contributed by atoms with van der Waals surface area (Å²) < 4.78 is 5.01. The first-order valence-corrected chi connectivity index (χ1v) is 4.75. The number of nitrogens with zero attached hydrogens (tertiary/aromatic N) is 1. The standard InChI is InChI=1S/C9H13NO5/c1-15-4-9-2-5(7(11)12)10(8(13)14)6(9)3-9/h5-6H,2-4H2,1H3,(H,11,12)(H,13,14)/t5-,6?,9?/m0/s1. The fourth-order valence-electron chi connectivity index (χ4n) is 2.61. The SMILES string of the molecule is COCC12CC1N(C(=O)O)[C@H](C(=O)O)C2. The molecule has 2 rings (SSSR count). The minimum absolute atomic E-state index is 0.170. The van der Waals surface area contributed by atoms with Gasteiger partial charge in [0.15, 0.2) is 0 Å². The summed E-state index contributed by atoms with van der Waals surface area (Å²) in [6, 6.07) is -1.08. The van der Waals surface area contributed by atoms with E-state index in [1.807, 2.05) is 0 Å². The van der Waals surface area contributed by atoms with E-state index >= 15 is 0 Å². The number of fused-ring (bicyclic) bond motifs is 1. The van der Waals surface area contributed by atoms with Gasteiger partial charge in [0.2, 0.25) is 0 Å². The van der Waals surface area contributed by atoms with Gasteiger partial charge in [0.1, 0.15) is 6.04 Å².